The molecular weight excluding hydrogens is 240 g/mol. The lowest BCUT2D eigenvalue weighted by atomic mass is 10.2. The molecule has 0 aliphatic carbocycles. The Morgan fingerprint density at radius 1 is 1.35 bits per heavy atom. The summed E-state index contributed by atoms with van der Waals surface area (Å²) in [5.74, 6) is 1.30. The molecule has 0 aliphatic heterocycles. The molecule has 1 aromatic carbocycles. The van der Waals surface area contributed by atoms with E-state index in [1.165, 1.54) is 0 Å². The summed E-state index contributed by atoms with van der Waals surface area (Å²) in [7, 11) is 0. The van der Waals surface area contributed by atoms with Crippen molar-refractivity contribution in [2.45, 2.75) is 13.8 Å². The number of halogens is 1. The minimum Gasteiger partial charge on any atom is -0.493 e. The van der Waals surface area contributed by atoms with Crippen molar-refractivity contribution in [2.24, 2.45) is 5.92 Å². The van der Waals surface area contributed by atoms with Crippen LogP contribution in [-0.4, -0.2) is 25.1 Å². The molecule has 4 heteroatoms. The van der Waals surface area contributed by atoms with E-state index < -0.39 is 0 Å². The Hall–Kier alpha value is -1.22. The number of rotatable bonds is 6. The molecule has 0 saturated carbocycles. The molecule has 0 N–H and O–H groups in total. The lowest BCUT2D eigenvalue weighted by Gasteiger charge is -2.10. The SMILES string of the molecule is CCOC(=O)c1ccc(OCC(C)CCl)cc1. The summed E-state index contributed by atoms with van der Waals surface area (Å²) < 4.78 is 10.4. The van der Waals surface area contributed by atoms with Crippen LogP contribution in [0.5, 0.6) is 5.75 Å². The molecule has 1 aromatic rings. The Balaban J connectivity index is 2.53. The van der Waals surface area contributed by atoms with Crippen molar-refractivity contribution in [3.63, 3.8) is 0 Å². The number of alkyl halides is 1. The molecule has 0 aromatic heterocycles. The summed E-state index contributed by atoms with van der Waals surface area (Å²) in [5, 5.41) is 0. The van der Waals surface area contributed by atoms with Crippen LogP contribution in [0.25, 0.3) is 0 Å². The van der Waals surface area contributed by atoms with Crippen molar-refractivity contribution < 1.29 is 14.3 Å². The standard InChI is InChI=1S/C13H17ClO3/c1-3-16-13(15)11-4-6-12(7-5-11)17-9-10(2)8-14/h4-7,10H,3,8-9H2,1-2H3. The average molecular weight is 257 g/mol. The lowest BCUT2D eigenvalue weighted by molar-refractivity contribution is 0.0526. The third kappa shape index (κ3) is 4.65. The zero-order valence-electron chi connectivity index (χ0n) is 10.1. The average Bonchev–Trinajstić information content (AvgIpc) is 2.36. The van der Waals surface area contributed by atoms with Gasteiger partial charge in [0, 0.05) is 11.8 Å². The summed E-state index contributed by atoms with van der Waals surface area (Å²) in [5.41, 5.74) is 0.532. The molecule has 0 spiro atoms. The predicted molar refractivity (Wildman–Crippen MR) is 67.8 cm³/mol. The fourth-order valence-corrected chi connectivity index (χ4v) is 1.27. The number of carbonyl (C=O) groups is 1. The van der Waals surface area contributed by atoms with Crippen LogP contribution >= 0.6 is 11.6 Å². The zero-order chi connectivity index (χ0) is 12.7. The van der Waals surface area contributed by atoms with Crippen LogP contribution in [0.4, 0.5) is 0 Å². The van der Waals surface area contributed by atoms with Gasteiger partial charge in [-0.05, 0) is 31.2 Å². The first kappa shape index (κ1) is 13.8. The second kappa shape index (κ2) is 7.17. The molecule has 0 saturated heterocycles. The number of ether oxygens (including phenoxy) is 2. The van der Waals surface area contributed by atoms with Crippen LogP contribution in [0.1, 0.15) is 24.2 Å². The molecule has 17 heavy (non-hydrogen) atoms. The first-order valence-corrected chi connectivity index (χ1v) is 6.16. The van der Waals surface area contributed by atoms with Crippen LogP contribution < -0.4 is 4.74 Å². The van der Waals surface area contributed by atoms with Gasteiger partial charge in [0.1, 0.15) is 5.75 Å². The smallest absolute Gasteiger partial charge is 0.338 e. The highest BCUT2D eigenvalue weighted by Crippen LogP contribution is 2.14. The Morgan fingerprint density at radius 3 is 2.53 bits per heavy atom. The van der Waals surface area contributed by atoms with Gasteiger partial charge in [0.25, 0.3) is 0 Å². The van der Waals surface area contributed by atoms with E-state index in [1.54, 1.807) is 31.2 Å². The van der Waals surface area contributed by atoms with E-state index in [9.17, 15) is 4.79 Å². The maximum atomic E-state index is 11.4. The fraction of sp³-hybridized carbons (Fsp3) is 0.462. The molecular formula is C13H17ClO3. The van der Waals surface area contributed by atoms with Gasteiger partial charge in [0.2, 0.25) is 0 Å². The normalized spacial score (nSPS) is 11.9. The van der Waals surface area contributed by atoms with Crippen molar-refractivity contribution in [2.75, 3.05) is 19.1 Å². The molecule has 1 rings (SSSR count). The highest BCUT2D eigenvalue weighted by atomic mass is 35.5. The minimum atomic E-state index is -0.312. The van der Waals surface area contributed by atoms with Crippen molar-refractivity contribution in [3.8, 4) is 5.75 Å². The lowest BCUT2D eigenvalue weighted by Crippen LogP contribution is -2.10. The Kier molecular flexibility index (Phi) is 5.84. The molecule has 0 aliphatic rings. The van der Waals surface area contributed by atoms with Crippen LogP contribution in [0.3, 0.4) is 0 Å². The number of carbonyl (C=O) groups excluding carboxylic acids is 1. The summed E-state index contributed by atoms with van der Waals surface area (Å²) in [6.45, 7) is 4.75. The van der Waals surface area contributed by atoms with Gasteiger partial charge in [0.05, 0.1) is 18.8 Å². The number of benzene rings is 1. The van der Waals surface area contributed by atoms with Crippen LogP contribution in [0.15, 0.2) is 24.3 Å². The second-order valence-electron chi connectivity index (χ2n) is 3.82. The van der Waals surface area contributed by atoms with Crippen LogP contribution in [0, 0.1) is 5.92 Å². The highest BCUT2D eigenvalue weighted by molar-refractivity contribution is 6.18. The molecule has 1 atom stereocenters. The molecule has 3 nitrogen and oxygen atoms in total. The summed E-state index contributed by atoms with van der Waals surface area (Å²) in [6, 6.07) is 6.90. The fourth-order valence-electron chi connectivity index (χ4n) is 1.18. The molecule has 0 bridgehead atoms. The van der Waals surface area contributed by atoms with E-state index in [0.717, 1.165) is 5.75 Å². The summed E-state index contributed by atoms with van der Waals surface area (Å²) in [4.78, 5) is 11.4. The van der Waals surface area contributed by atoms with Crippen molar-refractivity contribution >= 4 is 17.6 Å². The number of hydrogen-bond donors (Lipinski definition) is 0. The summed E-state index contributed by atoms with van der Waals surface area (Å²) in [6.07, 6.45) is 0. The predicted octanol–water partition coefficient (Wildman–Crippen LogP) is 3.12. The van der Waals surface area contributed by atoms with Gasteiger partial charge in [-0.25, -0.2) is 4.79 Å². The topological polar surface area (TPSA) is 35.5 Å². The van der Waals surface area contributed by atoms with E-state index in [1.807, 2.05) is 6.92 Å². The maximum Gasteiger partial charge on any atom is 0.338 e. The Bertz CT molecular complexity index is 348. The van der Waals surface area contributed by atoms with Gasteiger partial charge in [-0.3, -0.25) is 0 Å². The van der Waals surface area contributed by atoms with Gasteiger partial charge in [-0.15, -0.1) is 11.6 Å². The monoisotopic (exact) mass is 256 g/mol. The molecule has 0 fully saturated rings. The minimum absolute atomic E-state index is 0.307. The first-order chi connectivity index (χ1) is 8.17. The van der Waals surface area contributed by atoms with E-state index >= 15 is 0 Å². The van der Waals surface area contributed by atoms with Crippen LogP contribution in [0.2, 0.25) is 0 Å². The van der Waals surface area contributed by atoms with Gasteiger partial charge < -0.3 is 9.47 Å². The largest absolute Gasteiger partial charge is 0.493 e. The van der Waals surface area contributed by atoms with Gasteiger partial charge >= 0.3 is 5.97 Å². The van der Waals surface area contributed by atoms with Crippen molar-refractivity contribution in [3.05, 3.63) is 29.8 Å². The van der Waals surface area contributed by atoms with E-state index in [0.29, 0.717) is 30.6 Å². The summed E-state index contributed by atoms with van der Waals surface area (Å²) >= 11 is 5.68. The van der Waals surface area contributed by atoms with E-state index in [4.69, 9.17) is 21.1 Å². The molecule has 1 unspecified atom stereocenters. The first-order valence-electron chi connectivity index (χ1n) is 5.63. The van der Waals surface area contributed by atoms with Crippen molar-refractivity contribution in [1.29, 1.82) is 0 Å². The number of esters is 1. The van der Waals surface area contributed by atoms with Crippen molar-refractivity contribution in [1.82, 2.24) is 0 Å². The quantitative estimate of drug-likeness (QED) is 0.580. The van der Waals surface area contributed by atoms with Gasteiger partial charge in [-0.1, -0.05) is 6.92 Å². The maximum absolute atomic E-state index is 11.4. The van der Waals surface area contributed by atoms with Gasteiger partial charge in [0.15, 0.2) is 0 Å². The molecule has 0 radical (unpaired) electrons. The van der Waals surface area contributed by atoms with Gasteiger partial charge in [-0.2, -0.15) is 0 Å². The van der Waals surface area contributed by atoms with E-state index in [2.05, 4.69) is 0 Å². The second-order valence-corrected chi connectivity index (χ2v) is 4.12. The third-order valence-electron chi connectivity index (χ3n) is 2.16. The molecule has 0 heterocycles. The van der Waals surface area contributed by atoms with E-state index in [-0.39, 0.29) is 5.97 Å². The zero-order valence-corrected chi connectivity index (χ0v) is 10.9. The number of hydrogen-bond acceptors (Lipinski definition) is 3. The highest BCUT2D eigenvalue weighted by Gasteiger charge is 2.06. The molecule has 0 amide bonds. The molecule has 94 valence electrons. The Morgan fingerprint density at radius 2 is 2.00 bits per heavy atom. The Labute approximate surface area is 107 Å². The third-order valence-corrected chi connectivity index (χ3v) is 2.69. The van der Waals surface area contributed by atoms with Crippen LogP contribution in [-0.2, 0) is 4.74 Å².